The van der Waals surface area contributed by atoms with Crippen LogP contribution >= 0.6 is 0 Å². The minimum Gasteiger partial charge on any atom is -0.332 e. The van der Waals surface area contributed by atoms with Crippen LogP contribution in [0.3, 0.4) is 0 Å². The molecule has 2 aliphatic rings. The Balaban J connectivity index is 1.45. The lowest BCUT2D eigenvalue weighted by molar-refractivity contribution is -0.135. The molecule has 1 aliphatic carbocycles. The zero-order valence-electron chi connectivity index (χ0n) is 14.7. The highest BCUT2D eigenvalue weighted by Gasteiger charge is 2.32. The summed E-state index contributed by atoms with van der Waals surface area (Å²) in [7, 11) is 0. The molecule has 1 saturated heterocycles. The van der Waals surface area contributed by atoms with Crippen molar-refractivity contribution in [2.75, 3.05) is 6.54 Å². The van der Waals surface area contributed by atoms with Gasteiger partial charge in [-0.1, -0.05) is 30.3 Å². The fourth-order valence-corrected chi connectivity index (χ4v) is 3.78. The summed E-state index contributed by atoms with van der Waals surface area (Å²) in [5, 5.41) is 8.53. The van der Waals surface area contributed by atoms with E-state index >= 15 is 0 Å². The largest absolute Gasteiger partial charge is 0.332 e. The molecule has 1 atom stereocenters. The highest BCUT2D eigenvalue weighted by molar-refractivity contribution is 5.77. The Morgan fingerprint density at radius 1 is 1.12 bits per heavy atom. The standard InChI is InChI=1S/C20H26N4O/c25-19(12-11-16-6-2-1-3-7-16)24-13-5-4-8-18(24)20-22-21-15-23(20)14-17-9-10-17/h1-3,6-7,15,17-18H,4-5,8-14H2/t18-/m1/s1. The first kappa shape index (κ1) is 16.3. The summed E-state index contributed by atoms with van der Waals surface area (Å²) in [6.07, 6.45) is 9.07. The number of hydrogen-bond donors (Lipinski definition) is 0. The number of aryl methyl sites for hydroxylation is 1. The Kier molecular flexibility index (Phi) is 4.81. The van der Waals surface area contributed by atoms with E-state index in [-0.39, 0.29) is 11.9 Å². The predicted molar refractivity (Wildman–Crippen MR) is 95.8 cm³/mol. The summed E-state index contributed by atoms with van der Waals surface area (Å²) in [6, 6.07) is 10.4. The highest BCUT2D eigenvalue weighted by atomic mass is 16.2. The molecule has 2 fully saturated rings. The van der Waals surface area contributed by atoms with Crippen molar-refractivity contribution in [3.05, 3.63) is 48.0 Å². The van der Waals surface area contributed by atoms with Crippen LogP contribution in [-0.2, 0) is 17.8 Å². The molecule has 1 amide bonds. The van der Waals surface area contributed by atoms with Gasteiger partial charge >= 0.3 is 0 Å². The molecule has 1 aromatic heterocycles. The van der Waals surface area contributed by atoms with Gasteiger partial charge < -0.3 is 9.47 Å². The topological polar surface area (TPSA) is 51.0 Å². The summed E-state index contributed by atoms with van der Waals surface area (Å²) < 4.78 is 2.19. The number of hydrogen-bond acceptors (Lipinski definition) is 3. The molecule has 0 radical (unpaired) electrons. The maximum absolute atomic E-state index is 12.9. The third kappa shape index (κ3) is 3.91. The van der Waals surface area contributed by atoms with Crippen molar-refractivity contribution >= 4 is 5.91 Å². The number of carbonyl (C=O) groups excluding carboxylic acids is 1. The first-order chi connectivity index (χ1) is 12.3. The number of likely N-dealkylation sites (tertiary alicyclic amines) is 1. The Morgan fingerprint density at radius 2 is 1.96 bits per heavy atom. The Bertz CT molecular complexity index is 707. The van der Waals surface area contributed by atoms with Crippen LogP contribution in [0, 0.1) is 5.92 Å². The van der Waals surface area contributed by atoms with Gasteiger partial charge in [0, 0.05) is 19.5 Å². The summed E-state index contributed by atoms with van der Waals surface area (Å²) in [4.78, 5) is 14.9. The van der Waals surface area contributed by atoms with Crippen LogP contribution in [0.25, 0.3) is 0 Å². The summed E-state index contributed by atoms with van der Waals surface area (Å²) >= 11 is 0. The Hall–Kier alpha value is -2.17. The fraction of sp³-hybridized carbons (Fsp3) is 0.550. The van der Waals surface area contributed by atoms with Gasteiger partial charge in [0.15, 0.2) is 5.82 Å². The van der Waals surface area contributed by atoms with Crippen molar-refractivity contribution in [1.29, 1.82) is 0 Å². The molecule has 0 bridgehead atoms. The minimum absolute atomic E-state index is 0.0956. The Labute approximate surface area is 149 Å². The molecule has 1 saturated carbocycles. The smallest absolute Gasteiger partial charge is 0.223 e. The summed E-state index contributed by atoms with van der Waals surface area (Å²) in [5.74, 6) is 2.01. The van der Waals surface area contributed by atoms with E-state index in [2.05, 4.69) is 31.8 Å². The van der Waals surface area contributed by atoms with Crippen molar-refractivity contribution in [3.63, 3.8) is 0 Å². The number of amides is 1. The van der Waals surface area contributed by atoms with Crippen LogP contribution < -0.4 is 0 Å². The molecule has 2 aromatic rings. The number of carbonyl (C=O) groups is 1. The van der Waals surface area contributed by atoms with E-state index in [1.807, 2.05) is 24.5 Å². The second-order valence-electron chi connectivity index (χ2n) is 7.37. The number of piperidine rings is 1. The maximum atomic E-state index is 12.9. The normalized spacial score (nSPS) is 20.6. The maximum Gasteiger partial charge on any atom is 0.223 e. The molecule has 4 rings (SSSR count). The SMILES string of the molecule is O=C(CCc1ccccc1)N1CCCC[C@@H]1c1nncn1CC1CC1. The number of aromatic nitrogens is 3. The van der Waals surface area contributed by atoms with Crippen LogP contribution in [-0.4, -0.2) is 32.1 Å². The van der Waals surface area contributed by atoms with Gasteiger partial charge in [0.1, 0.15) is 6.33 Å². The lowest BCUT2D eigenvalue weighted by Crippen LogP contribution is -2.39. The van der Waals surface area contributed by atoms with Gasteiger partial charge in [0.2, 0.25) is 5.91 Å². The van der Waals surface area contributed by atoms with Crippen LogP contribution in [0.5, 0.6) is 0 Å². The van der Waals surface area contributed by atoms with Crippen molar-refractivity contribution in [2.24, 2.45) is 5.92 Å². The molecule has 25 heavy (non-hydrogen) atoms. The zero-order valence-corrected chi connectivity index (χ0v) is 14.7. The molecule has 2 heterocycles. The van der Waals surface area contributed by atoms with E-state index in [9.17, 15) is 4.79 Å². The first-order valence-electron chi connectivity index (χ1n) is 9.52. The molecule has 5 heteroatoms. The molecular weight excluding hydrogens is 312 g/mol. The van der Waals surface area contributed by atoms with Crippen molar-refractivity contribution in [2.45, 2.75) is 57.5 Å². The molecule has 0 N–H and O–H groups in total. The van der Waals surface area contributed by atoms with Gasteiger partial charge in [-0.3, -0.25) is 4.79 Å². The van der Waals surface area contributed by atoms with E-state index < -0.39 is 0 Å². The summed E-state index contributed by atoms with van der Waals surface area (Å²) in [5.41, 5.74) is 1.22. The van der Waals surface area contributed by atoms with Gasteiger partial charge in [0.25, 0.3) is 0 Å². The van der Waals surface area contributed by atoms with Gasteiger partial charge in [-0.2, -0.15) is 0 Å². The molecule has 1 aliphatic heterocycles. The number of benzene rings is 1. The summed E-state index contributed by atoms with van der Waals surface area (Å²) in [6.45, 7) is 1.85. The molecule has 0 unspecified atom stereocenters. The second-order valence-corrected chi connectivity index (χ2v) is 7.37. The van der Waals surface area contributed by atoms with E-state index in [0.29, 0.717) is 6.42 Å². The predicted octanol–water partition coefficient (Wildman–Crippen LogP) is 3.37. The van der Waals surface area contributed by atoms with Gasteiger partial charge in [-0.25, -0.2) is 0 Å². The second kappa shape index (κ2) is 7.38. The van der Waals surface area contributed by atoms with Crippen molar-refractivity contribution in [3.8, 4) is 0 Å². The molecule has 132 valence electrons. The average Bonchev–Trinajstić information content (AvgIpc) is 3.36. The van der Waals surface area contributed by atoms with E-state index in [0.717, 1.165) is 50.5 Å². The average molecular weight is 338 g/mol. The van der Waals surface area contributed by atoms with Crippen LogP contribution in [0.4, 0.5) is 0 Å². The third-order valence-corrected chi connectivity index (χ3v) is 5.39. The highest BCUT2D eigenvalue weighted by Crippen LogP contribution is 2.34. The first-order valence-corrected chi connectivity index (χ1v) is 9.52. The molecule has 5 nitrogen and oxygen atoms in total. The lowest BCUT2D eigenvalue weighted by Gasteiger charge is -2.35. The van der Waals surface area contributed by atoms with Crippen LogP contribution in [0.2, 0.25) is 0 Å². The van der Waals surface area contributed by atoms with E-state index in [1.54, 1.807) is 0 Å². The van der Waals surface area contributed by atoms with Gasteiger partial charge in [0.05, 0.1) is 6.04 Å². The molecule has 0 spiro atoms. The quantitative estimate of drug-likeness (QED) is 0.811. The number of nitrogens with zero attached hydrogens (tertiary/aromatic N) is 4. The molecule has 1 aromatic carbocycles. The van der Waals surface area contributed by atoms with Gasteiger partial charge in [-0.05, 0) is 50.0 Å². The Morgan fingerprint density at radius 3 is 2.76 bits per heavy atom. The zero-order chi connectivity index (χ0) is 17.1. The lowest BCUT2D eigenvalue weighted by atomic mass is 10.00. The van der Waals surface area contributed by atoms with Crippen molar-refractivity contribution < 1.29 is 4.79 Å². The molecular formula is C20H26N4O. The third-order valence-electron chi connectivity index (χ3n) is 5.39. The van der Waals surface area contributed by atoms with Crippen LogP contribution in [0.15, 0.2) is 36.7 Å². The monoisotopic (exact) mass is 338 g/mol. The number of rotatable bonds is 6. The van der Waals surface area contributed by atoms with Crippen molar-refractivity contribution in [1.82, 2.24) is 19.7 Å². The van der Waals surface area contributed by atoms with Crippen LogP contribution in [0.1, 0.15) is 56.0 Å². The minimum atomic E-state index is 0.0956. The van der Waals surface area contributed by atoms with E-state index in [1.165, 1.54) is 18.4 Å². The van der Waals surface area contributed by atoms with E-state index in [4.69, 9.17) is 0 Å². The van der Waals surface area contributed by atoms with Gasteiger partial charge in [-0.15, -0.1) is 10.2 Å². The fourth-order valence-electron chi connectivity index (χ4n) is 3.78.